The van der Waals surface area contributed by atoms with Crippen LogP contribution in [-0.2, 0) is 4.57 Å². The summed E-state index contributed by atoms with van der Waals surface area (Å²) < 4.78 is 19.0. The van der Waals surface area contributed by atoms with Crippen LogP contribution in [-0.4, -0.2) is 9.79 Å². The van der Waals surface area contributed by atoms with E-state index in [1.54, 1.807) is 0 Å². The number of halogens is 1. The van der Waals surface area contributed by atoms with Gasteiger partial charge in [-0.3, -0.25) is 9.79 Å². The Bertz CT molecular complexity index is 253. The standard InChI is InChI=1S/C7H7.FH2O3P.Li/c1-7-5-3-2-4-6-7;1-5(2,3)4;/h2-6H,1H2;(H2,2,3,4);/q-1;;+1. The van der Waals surface area contributed by atoms with Gasteiger partial charge in [0.05, 0.1) is 0 Å². The van der Waals surface area contributed by atoms with Crippen LogP contribution in [0, 0.1) is 6.92 Å². The molecule has 0 amide bonds. The van der Waals surface area contributed by atoms with E-state index in [2.05, 4.69) is 6.92 Å². The Morgan fingerprint density at radius 1 is 1.23 bits per heavy atom. The molecule has 1 aromatic carbocycles. The summed E-state index contributed by atoms with van der Waals surface area (Å²) in [7, 11) is -5.14. The zero-order chi connectivity index (χ0) is 9.61. The van der Waals surface area contributed by atoms with Crippen molar-refractivity contribution in [3.05, 3.63) is 42.8 Å². The fraction of sp³-hybridized carbons (Fsp3) is 0. The number of benzene rings is 1. The summed E-state index contributed by atoms with van der Waals surface area (Å²) >= 11 is 0. The zero-order valence-corrected chi connectivity index (χ0v) is 8.12. The monoisotopic (exact) mass is 198 g/mol. The fourth-order valence-corrected chi connectivity index (χ4v) is 0.478. The molecule has 2 N–H and O–H groups in total. The minimum Gasteiger partial charge on any atom is -0.299 e. The first-order valence-electron chi connectivity index (χ1n) is 3.02. The molecule has 0 atom stereocenters. The van der Waals surface area contributed by atoms with Crippen LogP contribution in [0.1, 0.15) is 5.56 Å². The quantitative estimate of drug-likeness (QED) is 0.317. The van der Waals surface area contributed by atoms with Gasteiger partial charge in [-0.05, 0) is 0 Å². The summed E-state index contributed by atoms with van der Waals surface area (Å²) in [5.74, 6) is 0. The molecule has 0 radical (unpaired) electrons. The maximum atomic E-state index is 10.4. The molecule has 1 aromatic rings. The molecule has 0 aliphatic heterocycles. The topological polar surface area (TPSA) is 57.5 Å². The summed E-state index contributed by atoms with van der Waals surface area (Å²) in [5.41, 5.74) is 1.07. The van der Waals surface area contributed by atoms with Gasteiger partial charge in [-0.25, -0.2) is 4.57 Å². The van der Waals surface area contributed by atoms with Crippen LogP contribution in [0.2, 0.25) is 0 Å². The Morgan fingerprint density at radius 3 is 1.69 bits per heavy atom. The van der Waals surface area contributed by atoms with E-state index in [1.165, 1.54) is 0 Å². The van der Waals surface area contributed by atoms with Gasteiger partial charge in [0.1, 0.15) is 0 Å². The smallest absolute Gasteiger partial charge is 0.299 e. The van der Waals surface area contributed by atoms with Crippen molar-refractivity contribution in [2.75, 3.05) is 0 Å². The van der Waals surface area contributed by atoms with Crippen molar-refractivity contribution < 1.29 is 37.4 Å². The number of rotatable bonds is 0. The molecule has 0 saturated heterocycles. The van der Waals surface area contributed by atoms with E-state index in [1.807, 2.05) is 30.3 Å². The normalized spacial score (nSPS) is 9.15. The van der Waals surface area contributed by atoms with E-state index < -0.39 is 7.91 Å². The summed E-state index contributed by atoms with van der Waals surface area (Å²) in [6.07, 6.45) is 0. The van der Waals surface area contributed by atoms with E-state index in [9.17, 15) is 4.20 Å². The average molecular weight is 198 g/mol. The van der Waals surface area contributed by atoms with Crippen LogP contribution in [0.25, 0.3) is 0 Å². The molecule has 0 spiro atoms. The molecule has 0 saturated carbocycles. The molecule has 0 fully saturated rings. The molecular formula is C7H9FLiO3P. The van der Waals surface area contributed by atoms with Crippen LogP contribution in [0.15, 0.2) is 30.3 Å². The van der Waals surface area contributed by atoms with Crippen LogP contribution in [0.3, 0.4) is 0 Å². The van der Waals surface area contributed by atoms with Crippen molar-refractivity contribution in [3.8, 4) is 0 Å². The maximum absolute atomic E-state index is 10.4. The van der Waals surface area contributed by atoms with Crippen LogP contribution in [0.4, 0.5) is 4.20 Å². The van der Waals surface area contributed by atoms with Gasteiger partial charge in [-0.2, -0.15) is 24.6 Å². The molecule has 68 valence electrons. The molecule has 0 unspecified atom stereocenters. The first-order chi connectivity index (χ1) is 5.39. The Kier molecular flexibility index (Phi) is 8.44. The van der Waals surface area contributed by atoms with Crippen molar-refractivity contribution in [1.82, 2.24) is 0 Å². The van der Waals surface area contributed by atoms with Crippen molar-refractivity contribution in [3.63, 3.8) is 0 Å². The summed E-state index contributed by atoms with van der Waals surface area (Å²) in [6, 6.07) is 9.87. The van der Waals surface area contributed by atoms with Gasteiger partial charge < -0.3 is 0 Å². The summed E-state index contributed by atoms with van der Waals surface area (Å²) in [5, 5.41) is 0. The predicted molar refractivity (Wildman–Crippen MR) is 44.1 cm³/mol. The summed E-state index contributed by atoms with van der Waals surface area (Å²) in [6.45, 7) is 3.72. The van der Waals surface area contributed by atoms with Gasteiger partial charge >= 0.3 is 26.8 Å². The van der Waals surface area contributed by atoms with Crippen molar-refractivity contribution in [2.45, 2.75) is 0 Å². The molecular weight excluding hydrogens is 189 g/mol. The predicted octanol–water partition coefficient (Wildman–Crippen LogP) is -1.08. The van der Waals surface area contributed by atoms with E-state index in [0.717, 1.165) is 5.56 Å². The van der Waals surface area contributed by atoms with Gasteiger partial charge in [-0.1, -0.05) is 6.07 Å². The summed E-state index contributed by atoms with van der Waals surface area (Å²) in [4.78, 5) is 13.9. The van der Waals surface area contributed by atoms with E-state index in [-0.39, 0.29) is 18.9 Å². The first-order valence-corrected chi connectivity index (χ1v) is 4.52. The Morgan fingerprint density at radius 2 is 1.54 bits per heavy atom. The SMILES string of the molecule is O=P(O)(O)F.[CH2-]c1ccccc1.[Li+]. The first kappa shape index (κ1) is 15.2. The van der Waals surface area contributed by atoms with Gasteiger partial charge in [0.25, 0.3) is 0 Å². The molecule has 13 heavy (non-hydrogen) atoms. The molecule has 0 aliphatic rings. The van der Waals surface area contributed by atoms with Gasteiger partial charge in [0, 0.05) is 0 Å². The Hall–Kier alpha value is -0.233. The van der Waals surface area contributed by atoms with Gasteiger partial charge in [0.2, 0.25) is 0 Å². The molecule has 0 aromatic heterocycles. The molecule has 0 aliphatic carbocycles. The molecule has 0 heterocycles. The van der Waals surface area contributed by atoms with Crippen molar-refractivity contribution in [1.29, 1.82) is 0 Å². The van der Waals surface area contributed by atoms with Crippen molar-refractivity contribution >= 4 is 7.91 Å². The molecule has 0 bridgehead atoms. The fourth-order valence-electron chi connectivity index (χ4n) is 0.478. The number of hydrogen-bond donors (Lipinski definition) is 2. The second-order valence-corrected chi connectivity index (χ2v) is 2.90. The van der Waals surface area contributed by atoms with Gasteiger partial charge in [-0.15, -0.1) is 16.3 Å². The van der Waals surface area contributed by atoms with Crippen LogP contribution >= 0.6 is 7.91 Å². The largest absolute Gasteiger partial charge is 1.00 e. The average Bonchev–Trinajstić information content (AvgIpc) is 1.85. The second-order valence-electron chi connectivity index (χ2n) is 1.96. The molecule has 1 rings (SSSR count). The third kappa shape index (κ3) is 18.6. The molecule has 6 heteroatoms. The third-order valence-corrected chi connectivity index (χ3v) is 0.843. The third-order valence-electron chi connectivity index (χ3n) is 0.843. The van der Waals surface area contributed by atoms with Gasteiger partial charge in [0.15, 0.2) is 0 Å². The second kappa shape index (κ2) is 7.20. The van der Waals surface area contributed by atoms with Crippen molar-refractivity contribution in [2.24, 2.45) is 0 Å². The minimum absolute atomic E-state index is 0. The minimum atomic E-state index is -5.14. The number of hydrogen-bond acceptors (Lipinski definition) is 1. The van der Waals surface area contributed by atoms with E-state index in [0.29, 0.717) is 0 Å². The Balaban J connectivity index is 0. The zero-order valence-electron chi connectivity index (χ0n) is 7.22. The van der Waals surface area contributed by atoms with Crippen LogP contribution in [0.5, 0.6) is 0 Å². The maximum Gasteiger partial charge on any atom is 1.00 e. The van der Waals surface area contributed by atoms with Crippen LogP contribution < -0.4 is 18.9 Å². The molecule has 3 nitrogen and oxygen atoms in total. The van der Waals surface area contributed by atoms with E-state index >= 15 is 0 Å². The van der Waals surface area contributed by atoms with E-state index in [4.69, 9.17) is 14.4 Å². The Labute approximate surface area is 88.4 Å².